The van der Waals surface area contributed by atoms with Gasteiger partial charge in [-0.1, -0.05) is 30.9 Å². The molecule has 5 rings (SSSR count). The van der Waals surface area contributed by atoms with E-state index in [9.17, 15) is 4.79 Å². The number of nitrogens with two attached hydrogens (primary N) is 1. The third-order valence-corrected chi connectivity index (χ3v) is 5.83. The average molecular weight is 400 g/mol. The molecule has 0 atom stereocenters. The van der Waals surface area contributed by atoms with Crippen LogP contribution < -0.4 is 5.73 Å². The van der Waals surface area contributed by atoms with Gasteiger partial charge in [0.25, 0.3) is 0 Å². The van der Waals surface area contributed by atoms with Crippen molar-refractivity contribution in [1.29, 1.82) is 0 Å². The van der Waals surface area contributed by atoms with Gasteiger partial charge in [0, 0.05) is 35.7 Å². The summed E-state index contributed by atoms with van der Waals surface area (Å²) in [5.74, 6) is 7.63. The molecule has 0 radical (unpaired) electrons. The largest absolute Gasteiger partial charge is 0.383 e. The van der Waals surface area contributed by atoms with E-state index in [1.807, 2.05) is 30.5 Å². The molecule has 1 saturated heterocycles. The lowest BCUT2D eigenvalue weighted by atomic mass is 9.89. The average Bonchev–Trinajstić information content (AvgIpc) is 3.46. The summed E-state index contributed by atoms with van der Waals surface area (Å²) in [7, 11) is 0. The smallest absolute Gasteiger partial charge is 0.163 e. The van der Waals surface area contributed by atoms with Gasteiger partial charge in [0.05, 0.1) is 24.2 Å². The summed E-state index contributed by atoms with van der Waals surface area (Å²) >= 11 is 0. The Morgan fingerprint density at radius 2 is 2.13 bits per heavy atom. The molecule has 2 N–H and O–H groups in total. The Morgan fingerprint density at radius 1 is 1.30 bits per heavy atom. The van der Waals surface area contributed by atoms with Crippen LogP contribution >= 0.6 is 0 Å². The Morgan fingerprint density at radius 3 is 2.87 bits per heavy atom. The minimum absolute atomic E-state index is 0.0899. The number of hydrogen-bond donors (Lipinski definition) is 1. The fourth-order valence-electron chi connectivity index (χ4n) is 3.93. The van der Waals surface area contributed by atoms with E-state index in [-0.39, 0.29) is 11.2 Å². The van der Waals surface area contributed by atoms with E-state index in [0.717, 1.165) is 47.5 Å². The minimum Gasteiger partial charge on any atom is -0.383 e. The van der Waals surface area contributed by atoms with Crippen molar-refractivity contribution in [2.75, 3.05) is 18.9 Å². The first-order chi connectivity index (χ1) is 14.5. The molecule has 6 heteroatoms. The Kier molecular flexibility index (Phi) is 4.56. The van der Waals surface area contributed by atoms with Gasteiger partial charge in [-0.25, -0.2) is 9.97 Å². The van der Waals surface area contributed by atoms with Gasteiger partial charge >= 0.3 is 0 Å². The van der Waals surface area contributed by atoms with Crippen molar-refractivity contribution in [2.24, 2.45) is 11.3 Å². The first-order valence-electron chi connectivity index (χ1n) is 10.3. The van der Waals surface area contributed by atoms with Gasteiger partial charge in [-0.15, -0.1) is 0 Å². The number of rotatable bonds is 5. The molecule has 0 bridgehead atoms. The van der Waals surface area contributed by atoms with E-state index in [2.05, 4.69) is 33.3 Å². The number of Topliss-reactive ketones (excluding diaryl/α,β-unsaturated/α-hetero) is 1. The highest BCUT2D eigenvalue weighted by Crippen LogP contribution is 2.34. The molecule has 30 heavy (non-hydrogen) atoms. The predicted molar refractivity (Wildman–Crippen MR) is 115 cm³/mol. The molecule has 2 fully saturated rings. The van der Waals surface area contributed by atoms with Crippen LogP contribution in [0.25, 0.3) is 11.0 Å². The van der Waals surface area contributed by atoms with E-state index in [1.54, 1.807) is 0 Å². The predicted octanol–water partition coefficient (Wildman–Crippen LogP) is 3.43. The SMILES string of the molecule is CC1(Cn2cc(C#Cc3cccc(C(=O)CC4CC4)c3)c3c(N)ncnc32)COC1. The molecule has 3 heterocycles. The van der Waals surface area contributed by atoms with Crippen molar-refractivity contribution in [3.63, 3.8) is 0 Å². The quantitative estimate of drug-likeness (QED) is 0.524. The maximum atomic E-state index is 12.4. The molecule has 6 nitrogen and oxygen atoms in total. The molecule has 0 unspecified atom stereocenters. The number of benzene rings is 1. The summed E-state index contributed by atoms with van der Waals surface area (Å²) in [4.78, 5) is 21.0. The number of fused-ring (bicyclic) bond motifs is 1. The zero-order valence-corrected chi connectivity index (χ0v) is 17.0. The normalized spacial score (nSPS) is 17.2. The third kappa shape index (κ3) is 3.69. The highest BCUT2D eigenvalue weighted by molar-refractivity contribution is 5.96. The number of nitrogen functional groups attached to an aromatic ring is 1. The number of aromatic nitrogens is 3. The van der Waals surface area contributed by atoms with Crippen molar-refractivity contribution >= 4 is 22.6 Å². The Hall–Kier alpha value is -3.17. The fraction of sp³-hybridized carbons (Fsp3) is 0.375. The number of carbonyl (C=O) groups excluding carboxylic acids is 1. The van der Waals surface area contributed by atoms with Gasteiger partial charge in [0.1, 0.15) is 17.8 Å². The van der Waals surface area contributed by atoms with E-state index in [4.69, 9.17) is 10.5 Å². The summed E-state index contributed by atoms with van der Waals surface area (Å²) < 4.78 is 7.48. The topological polar surface area (TPSA) is 83.0 Å². The second-order valence-electron chi connectivity index (χ2n) is 8.83. The molecule has 1 aliphatic carbocycles. The van der Waals surface area contributed by atoms with Crippen LogP contribution in [0.4, 0.5) is 5.82 Å². The molecule has 1 aliphatic heterocycles. The van der Waals surface area contributed by atoms with E-state index >= 15 is 0 Å². The zero-order valence-electron chi connectivity index (χ0n) is 17.0. The number of ketones is 1. The van der Waals surface area contributed by atoms with Crippen LogP contribution in [0.15, 0.2) is 36.8 Å². The van der Waals surface area contributed by atoms with Gasteiger partial charge in [0.2, 0.25) is 0 Å². The molecule has 0 spiro atoms. The van der Waals surface area contributed by atoms with Crippen molar-refractivity contribution in [1.82, 2.24) is 14.5 Å². The summed E-state index contributed by atoms with van der Waals surface area (Å²) in [6.45, 7) is 4.45. The monoisotopic (exact) mass is 400 g/mol. The Bertz CT molecular complexity index is 1190. The molecule has 0 amide bonds. The Labute approximate surface area is 175 Å². The van der Waals surface area contributed by atoms with Crippen LogP contribution in [0.3, 0.4) is 0 Å². The second kappa shape index (κ2) is 7.26. The maximum absolute atomic E-state index is 12.4. The molecule has 152 valence electrons. The summed E-state index contributed by atoms with van der Waals surface area (Å²) in [5, 5.41) is 0.773. The first-order valence-corrected chi connectivity index (χ1v) is 10.3. The fourth-order valence-corrected chi connectivity index (χ4v) is 3.93. The molecular weight excluding hydrogens is 376 g/mol. The first kappa shape index (κ1) is 18.8. The highest BCUT2D eigenvalue weighted by Gasteiger charge is 2.34. The lowest BCUT2D eigenvalue weighted by Gasteiger charge is -2.38. The summed E-state index contributed by atoms with van der Waals surface area (Å²) in [6, 6.07) is 7.56. The summed E-state index contributed by atoms with van der Waals surface area (Å²) in [6.07, 6.45) is 6.46. The number of anilines is 1. The zero-order chi connectivity index (χ0) is 20.7. The second-order valence-corrected chi connectivity index (χ2v) is 8.83. The van der Waals surface area contributed by atoms with Gasteiger partial charge in [-0.05, 0) is 30.9 Å². The molecular formula is C24H24N4O2. The lowest BCUT2D eigenvalue weighted by Crippen LogP contribution is -2.43. The van der Waals surface area contributed by atoms with E-state index in [1.165, 1.54) is 19.2 Å². The number of ether oxygens (including phenoxy) is 1. The molecule has 2 aliphatic rings. The third-order valence-electron chi connectivity index (χ3n) is 5.83. The van der Waals surface area contributed by atoms with E-state index < -0.39 is 0 Å². The van der Waals surface area contributed by atoms with Gasteiger partial charge in [-0.3, -0.25) is 4.79 Å². The van der Waals surface area contributed by atoms with Crippen molar-refractivity contribution in [2.45, 2.75) is 32.7 Å². The number of carbonyl (C=O) groups is 1. The maximum Gasteiger partial charge on any atom is 0.163 e. The van der Waals surface area contributed by atoms with Crippen LogP contribution in [0.2, 0.25) is 0 Å². The highest BCUT2D eigenvalue weighted by atomic mass is 16.5. The van der Waals surface area contributed by atoms with Crippen LogP contribution in [-0.4, -0.2) is 33.5 Å². The molecule has 1 aromatic carbocycles. The van der Waals surface area contributed by atoms with Crippen LogP contribution in [0, 0.1) is 23.2 Å². The Balaban J connectivity index is 1.47. The van der Waals surface area contributed by atoms with Crippen molar-refractivity contribution in [3.8, 4) is 11.8 Å². The van der Waals surface area contributed by atoms with E-state index in [0.29, 0.717) is 18.2 Å². The van der Waals surface area contributed by atoms with Crippen LogP contribution in [0.5, 0.6) is 0 Å². The minimum atomic E-state index is 0.0899. The van der Waals surface area contributed by atoms with Gasteiger partial charge < -0.3 is 15.0 Å². The standard InChI is InChI=1S/C24H24N4O2/c1-24(13-30-14-24)12-28-11-19(21-22(25)26-15-27-23(21)28)8-7-16-3-2-4-18(9-16)20(29)10-17-5-6-17/h2-4,9,11,15,17H,5-6,10,12-14H2,1H3,(H2,25,26,27). The van der Waals surface area contributed by atoms with Gasteiger partial charge in [0.15, 0.2) is 5.78 Å². The van der Waals surface area contributed by atoms with Gasteiger partial charge in [-0.2, -0.15) is 0 Å². The van der Waals surface area contributed by atoms with Crippen molar-refractivity contribution in [3.05, 3.63) is 53.5 Å². The number of hydrogen-bond acceptors (Lipinski definition) is 5. The summed E-state index contributed by atoms with van der Waals surface area (Å²) in [5.41, 5.74) is 9.38. The van der Waals surface area contributed by atoms with Crippen LogP contribution in [-0.2, 0) is 11.3 Å². The molecule has 1 saturated carbocycles. The molecule has 3 aromatic rings. The lowest BCUT2D eigenvalue weighted by molar-refractivity contribution is -0.109. The van der Waals surface area contributed by atoms with Crippen LogP contribution in [0.1, 0.15) is 47.7 Å². The number of nitrogens with zero attached hydrogens (tertiary/aromatic N) is 3. The molecule has 2 aromatic heterocycles. The van der Waals surface area contributed by atoms with Crippen molar-refractivity contribution < 1.29 is 9.53 Å².